The van der Waals surface area contributed by atoms with Crippen molar-refractivity contribution in [2.45, 2.75) is 31.2 Å². The van der Waals surface area contributed by atoms with Gasteiger partial charge in [0.2, 0.25) is 0 Å². The van der Waals surface area contributed by atoms with Crippen molar-refractivity contribution in [3.63, 3.8) is 0 Å². The Morgan fingerprint density at radius 1 is 1.44 bits per heavy atom. The second-order valence-corrected chi connectivity index (χ2v) is 6.41. The molecule has 0 saturated heterocycles. The topological polar surface area (TPSA) is 49.3 Å². The molecular formula is C14H16BrNO2. The van der Waals surface area contributed by atoms with E-state index in [1.54, 1.807) is 0 Å². The Labute approximate surface area is 115 Å². The number of benzene rings is 1. The SMILES string of the molecule is O=C(O)C1(Nc2cccc(Br)c2)CC2CCC1C2. The van der Waals surface area contributed by atoms with E-state index in [0.29, 0.717) is 5.92 Å². The number of rotatable bonds is 3. The average Bonchev–Trinajstić information content (AvgIpc) is 2.89. The van der Waals surface area contributed by atoms with Gasteiger partial charge in [0.1, 0.15) is 5.54 Å². The fourth-order valence-electron chi connectivity index (χ4n) is 3.62. The molecule has 0 radical (unpaired) electrons. The highest BCUT2D eigenvalue weighted by Gasteiger charge is 2.56. The van der Waals surface area contributed by atoms with Gasteiger partial charge in [-0.1, -0.05) is 22.0 Å². The second kappa shape index (κ2) is 4.26. The van der Waals surface area contributed by atoms with Crippen LogP contribution in [0.2, 0.25) is 0 Å². The van der Waals surface area contributed by atoms with Gasteiger partial charge in [0, 0.05) is 10.2 Å². The number of carboxylic acid groups (broad SMARTS) is 1. The minimum absolute atomic E-state index is 0.277. The Kier molecular flexibility index (Phi) is 2.85. The molecule has 2 aliphatic rings. The summed E-state index contributed by atoms with van der Waals surface area (Å²) in [6.45, 7) is 0. The van der Waals surface area contributed by atoms with E-state index >= 15 is 0 Å². The van der Waals surface area contributed by atoms with Gasteiger partial charge in [-0.15, -0.1) is 0 Å². The molecule has 2 N–H and O–H groups in total. The van der Waals surface area contributed by atoms with Crippen LogP contribution in [-0.2, 0) is 4.79 Å². The van der Waals surface area contributed by atoms with Gasteiger partial charge in [0.25, 0.3) is 0 Å². The molecule has 1 aromatic rings. The molecule has 3 atom stereocenters. The molecule has 1 aromatic carbocycles. The van der Waals surface area contributed by atoms with Gasteiger partial charge in [-0.05, 0) is 55.7 Å². The quantitative estimate of drug-likeness (QED) is 0.898. The normalized spacial score (nSPS) is 33.6. The second-order valence-electron chi connectivity index (χ2n) is 5.49. The Hall–Kier alpha value is -1.03. The number of nitrogens with one attached hydrogen (secondary N) is 1. The third-order valence-corrected chi connectivity index (χ3v) is 4.92. The number of carboxylic acids is 1. The number of anilines is 1. The van der Waals surface area contributed by atoms with Crippen molar-refractivity contribution in [2.75, 3.05) is 5.32 Å². The fourth-order valence-corrected chi connectivity index (χ4v) is 4.02. The zero-order valence-corrected chi connectivity index (χ0v) is 11.6. The lowest BCUT2D eigenvalue weighted by Gasteiger charge is -2.35. The summed E-state index contributed by atoms with van der Waals surface area (Å²) in [5, 5.41) is 12.9. The number of aliphatic carboxylic acids is 1. The fraction of sp³-hybridized carbons (Fsp3) is 0.500. The highest BCUT2D eigenvalue weighted by molar-refractivity contribution is 9.10. The maximum Gasteiger partial charge on any atom is 0.329 e. The summed E-state index contributed by atoms with van der Waals surface area (Å²) < 4.78 is 0.969. The van der Waals surface area contributed by atoms with Gasteiger partial charge in [-0.2, -0.15) is 0 Å². The molecule has 2 aliphatic carbocycles. The molecule has 0 spiro atoms. The van der Waals surface area contributed by atoms with E-state index in [0.717, 1.165) is 29.4 Å². The number of fused-ring (bicyclic) bond motifs is 2. The van der Waals surface area contributed by atoms with Crippen molar-refractivity contribution in [2.24, 2.45) is 11.8 Å². The van der Waals surface area contributed by atoms with E-state index in [9.17, 15) is 9.90 Å². The summed E-state index contributed by atoms with van der Waals surface area (Å²) in [7, 11) is 0. The van der Waals surface area contributed by atoms with Crippen LogP contribution < -0.4 is 5.32 Å². The molecule has 3 unspecified atom stereocenters. The molecule has 96 valence electrons. The Bertz CT molecular complexity index is 490. The molecule has 3 nitrogen and oxygen atoms in total. The first-order valence-corrected chi connectivity index (χ1v) is 7.16. The van der Waals surface area contributed by atoms with Crippen molar-refractivity contribution in [3.8, 4) is 0 Å². The van der Waals surface area contributed by atoms with E-state index in [1.807, 2.05) is 24.3 Å². The first-order chi connectivity index (χ1) is 8.60. The summed E-state index contributed by atoms with van der Waals surface area (Å²) in [5.41, 5.74) is 0.142. The molecule has 18 heavy (non-hydrogen) atoms. The standard InChI is InChI=1S/C14H16BrNO2/c15-11-2-1-3-12(7-11)16-14(13(17)18)8-9-4-5-10(14)6-9/h1-3,7,9-10,16H,4-6,8H2,(H,17,18). The molecule has 0 aliphatic heterocycles. The summed E-state index contributed by atoms with van der Waals surface area (Å²) in [5.74, 6) is 0.166. The van der Waals surface area contributed by atoms with Crippen LogP contribution in [0.1, 0.15) is 25.7 Å². The van der Waals surface area contributed by atoms with E-state index < -0.39 is 11.5 Å². The minimum Gasteiger partial charge on any atom is -0.479 e. The zero-order valence-electron chi connectivity index (χ0n) is 10.0. The molecule has 2 fully saturated rings. The third kappa shape index (κ3) is 1.83. The molecule has 0 heterocycles. The van der Waals surface area contributed by atoms with Crippen molar-refractivity contribution in [1.29, 1.82) is 0 Å². The third-order valence-electron chi connectivity index (χ3n) is 4.42. The Morgan fingerprint density at radius 3 is 2.83 bits per heavy atom. The molecular weight excluding hydrogens is 294 g/mol. The summed E-state index contributed by atoms with van der Waals surface area (Å²) >= 11 is 3.42. The van der Waals surface area contributed by atoms with Gasteiger partial charge < -0.3 is 10.4 Å². The largest absolute Gasteiger partial charge is 0.479 e. The predicted octanol–water partition coefficient (Wildman–Crippen LogP) is 3.50. The van der Waals surface area contributed by atoms with Gasteiger partial charge >= 0.3 is 5.97 Å². The Morgan fingerprint density at radius 2 is 2.28 bits per heavy atom. The van der Waals surface area contributed by atoms with Crippen LogP contribution in [-0.4, -0.2) is 16.6 Å². The molecule has 4 heteroatoms. The molecule has 0 aromatic heterocycles. The zero-order chi connectivity index (χ0) is 12.8. The first kappa shape index (κ1) is 12.0. The maximum absolute atomic E-state index is 11.7. The van der Waals surface area contributed by atoms with Crippen molar-refractivity contribution in [1.82, 2.24) is 0 Å². The van der Waals surface area contributed by atoms with Gasteiger partial charge in [-0.3, -0.25) is 0 Å². The summed E-state index contributed by atoms with van der Waals surface area (Å²) in [4.78, 5) is 11.7. The lowest BCUT2D eigenvalue weighted by molar-refractivity contribution is -0.144. The lowest BCUT2D eigenvalue weighted by Crippen LogP contribution is -2.50. The van der Waals surface area contributed by atoms with Gasteiger partial charge in [0.15, 0.2) is 0 Å². The van der Waals surface area contributed by atoms with Gasteiger partial charge in [-0.25, -0.2) is 4.79 Å². The molecule has 2 bridgehead atoms. The summed E-state index contributed by atoms with van der Waals surface area (Å²) in [6, 6.07) is 7.74. The highest BCUT2D eigenvalue weighted by atomic mass is 79.9. The maximum atomic E-state index is 11.7. The molecule has 2 saturated carbocycles. The van der Waals surface area contributed by atoms with Crippen LogP contribution in [0.3, 0.4) is 0 Å². The lowest BCUT2D eigenvalue weighted by atomic mass is 9.80. The van der Waals surface area contributed by atoms with E-state index in [-0.39, 0.29) is 5.92 Å². The first-order valence-electron chi connectivity index (χ1n) is 6.37. The monoisotopic (exact) mass is 309 g/mol. The van der Waals surface area contributed by atoms with Crippen LogP contribution in [0.4, 0.5) is 5.69 Å². The van der Waals surface area contributed by atoms with Crippen LogP contribution in [0, 0.1) is 11.8 Å². The predicted molar refractivity (Wildman–Crippen MR) is 73.6 cm³/mol. The molecule has 3 rings (SSSR count). The van der Waals surface area contributed by atoms with Crippen LogP contribution in [0.25, 0.3) is 0 Å². The van der Waals surface area contributed by atoms with Crippen molar-refractivity contribution >= 4 is 27.6 Å². The van der Waals surface area contributed by atoms with Crippen molar-refractivity contribution < 1.29 is 9.90 Å². The number of carbonyl (C=O) groups is 1. The molecule has 0 amide bonds. The number of halogens is 1. The Balaban J connectivity index is 1.90. The van der Waals surface area contributed by atoms with Crippen molar-refractivity contribution in [3.05, 3.63) is 28.7 Å². The summed E-state index contributed by atoms with van der Waals surface area (Å²) in [6.07, 6.45) is 4.06. The van der Waals surface area contributed by atoms with E-state index in [2.05, 4.69) is 21.2 Å². The number of hydrogen-bond acceptors (Lipinski definition) is 2. The van der Waals surface area contributed by atoms with E-state index in [4.69, 9.17) is 0 Å². The average molecular weight is 310 g/mol. The minimum atomic E-state index is -0.746. The van der Waals surface area contributed by atoms with Gasteiger partial charge in [0.05, 0.1) is 0 Å². The number of hydrogen-bond donors (Lipinski definition) is 2. The van der Waals surface area contributed by atoms with Crippen LogP contribution in [0.15, 0.2) is 28.7 Å². The van der Waals surface area contributed by atoms with Crippen LogP contribution >= 0.6 is 15.9 Å². The van der Waals surface area contributed by atoms with E-state index in [1.165, 1.54) is 6.42 Å². The van der Waals surface area contributed by atoms with Crippen LogP contribution in [0.5, 0.6) is 0 Å². The smallest absolute Gasteiger partial charge is 0.329 e. The highest BCUT2D eigenvalue weighted by Crippen LogP contribution is 2.52.